The van der Waals surface area contributed by atoms with Gasteiger partial charge in [-0.3, -0.25) is 0 Å². The molecule has 1 aromatic rings. The van der Waals surface area contributed by atoms with E-state index in [0.29, 0.717) is 5.95 Å². The Morgan fingerprint density at radius 1 is 1.44 bits per heavy atom. The van der Waals surface area contributed by atoms with Crippen LogP contribution in [0.4, 0.5) is 11.6 Å². The molecule has 1 rings (SSSR count). The van der Waals surface area contributed by atoms with Gasteiger partial charge in [0.15, 0.2) is 0 Å². The molecule has 6 nitrogen and oxygen atoms in total. The molecule has 0 radical (unpaired) electrons. The maximum Gasteiger partial charge on any atom is 0.239 e. The molecule has 1 aromatic heterocycles. The van der Waals surface area contributed by atoms with Crippen LogP contribution in [-0.4, -0.2) is 46.2 Å². The van der Waals surface area contributed by atoms with Crippen molar-refractivity contribution in [2.24, 2.45) is 0 Å². The van der Waals surface area contributed by atoms with E-state index in [-0.39, 0.29) is 11.6 Å². The van der Waals surface area contributed by atoms with Gasteiger partial charge in [0.2, 0.25) is 11.8 Å². The molecule has 0 spiro atoms. The Morgan fingerprint density at radius 2 is 2.12 bits per heavy atom. The standard InChI is InChI=1S/C10H19N5O/c1-3-15(4-2)6-5-12-10-13-7-8(11)9(16)14-10/h7H,3-6,11H2,1-2H3,(H2,12,13,14,16). The number of aromatic nitrogens is 2. The predicted octanol–water partition coefficient (Wildman–Crippen LogP) is 0.518. The molecule has 0 saturated carbocycles. The van der Waals surface area contributed by atoms with Gasteiger partial charge in [0.25, 0.3) is 0 Å². The highest BCUT2D eigenvalue weighted by Crippen LogP contribution is 2.15. The molecule has 0 bridgehead atoms. The summed E-state index contributed by atoms with van der Waals surface area (Å²) in [4.78, 5) is 10.1. The van der Waals surface area contributed by atoms with Gasteiger partial charge in [-0.1, -0.05) is 13.8 Å². The Hall–Kier alpha value is -1.56. The quantitative estimate of drug-likeness (QED) is 0.654. The van der Waals surface area contributed by atoms with E-state index in [1.807, 2.05) is 0 Å². The van der Waals surface area contributed by atoms with E-state index in [4.69, 9.17) is 5.73 Å². The molecule has 0 aromatic carbocycles. The highest BCUT2D eigenvalue weighted by atomic mass is 16.3. The molecule has 0 aliphatic carbocycles. The first-order valence-electron chi connectivity index (χ1n) is 5.45. The van der Waals surface area contributed by atoms with E-state index in [1.54, 1.807) is 0 Å². The number of anilines is 2. The second-order valence-electron chi connectivity index (χ2n) is 3.43. The summed E-state index contributed by atoms with van der Waals surface area (Å²) in [6.45, 7) is 7.94. The van der Waals surface area contributed by atoms with Crippen molar-refractivity contribution in [1.29, 1.82) is 0 Å². The summed E-state index contributed by atoms with van der Waals surface area (Å²) in [6.07, 6.45) is 1.39. The number of nitrogens with one attached hydrogen (secondary N) is 1. The summed E-state index contributed by atoms with van der Waals surface area (Å²) < 4.78 is 0. The predicted molar refractivity (Wildman–Crippen MR) is 64.4 cm³/mol. The zero-order chi connectivity index (χ0) is 12.0. The summed E-state index contributed by atoms with van der Waals surface area (Å²) in [5.74, 6) is 0.221. The fourth-order valence-electron chi connectivity index (χ4n) is 1.33. The number of nitrogens with zero attached hydrogens (tertiary/aromatic N) is 3. The van der Waals surface area contributed by atoms with Gasteiger partial charge in [-0.05, 0) is 13.1 Å². The number of hydrogen-bond acceptors (Lipinski definition) is 6. The summed E-state index contributed by atoms with van der Waals surface area (Å²) >= 11 is 0. The lowest BCUT2D eigenvalue weighted by Gasteiger charge is -2.17. The largest absolute Gasteiger partial charge is 0.492 e. The third kappa shape index (κ3) is 3.54. The van der Waals surface area contributed by atoms with E-state index in [2.05, 4.69) is 34.0 Å². The zero-order valence-corrected chi connectivity index (χ0v) is 9.77. The number of nitrogens with two attached hydrogens (primary N) is 1. The number of likely N-dealkylation sites (N-methyl/N-ethyl adjacent to an activating group) is 1. The minimum atomic E-state index is -0.180. The highest BCUT2D eigenvalue weighted by Gasteiger charge is 2.03. The average Bonchev–Trinajstić information content (AvgIpc) is 2.29. The monoisotopic (exact) mass is 225 g/mol. The topological polar surface area (TPSA) is 87.3 Å². The number of nitrogen functional groups attached to an aromatic ring is 1. The third-order valence-electron chi connectivity index (χ3n) is 2.40. The smallest absolute Gasteiger partial charge is 0.239 e. The van der Waals surface area contributed by atoms with Gasteiger partial charge in [-0.25, -0.2) is 4.98 Å². The van der Waals surface area contributed by atoms with Crippen LogP contribution in [0.2, 0.25) is 0 Å². The lowest BCUT2D eigenvalue weighted by Crippen LogP contribution is -2.28. The Kier molecular flexibility index (Phi) is 4.78. The van der Waals surface area contributed by atoms with Crippen LogP contribution in [0.1, 0.15) is 13.8 Å². The van der Waals surface area contributed by atoms with Gasteiger partial charge in [-0.15, -0.1) is 0 Å². The number of aromatic hydroxyl groups is 1. The molecular formula is C10H19N5O. The van der Waals surface area contributed by atoms with Gasteiger partial charge in [-0.2, -0.15) is 4.98 Å². The second-order valence-corrected chi connectivity index (χ2v) is 3.43. The van der Waals surface area contributed by atoms with E-state index in [0.717, 1.165) is 26.2 Å². The molecule has 0 amide bonds. The summed E-state index contributed by atoms with van der Waals surface area (Å²) in [5, 5.41) is 12.3. The van der Waals surface area contributed by atoms with Crippen LogP contribution < -0.4 is 11.1 Å². The van der Waals surface area contributed by atoms with Gasteiger partial charge < -0.3 is 21.1 Å². The molecule has 0 aliphatic heterocycles. The van der Waals surface area contributed by atoms with Gasteiger partial charge in [0.05, 0.1) is 6.20 Å². The van der Waals surface area contributed by atoms with E-state index in [1.165, 1.54) is 6.20 Å². The van der Waals surface area contributed by atoms with Crippen LogP contribution >= 0.6 is 0 Å². The molecule has 0 atom stereocenters. The fourth-order valence-corrected chi connectivity index (χ4v) is 1.33. The van der Waals surface area contributed by atoms with Crippen LogP contribution in [0.25, 0.3) is 0 Å². The molecule has 16 heavy (non-hydrogen) atoms. The van der Waals surface area contributed by atoms with Crippen LogP contribution in [0.3, 0.4) is 0 Å². The molecule has 1 heterocycles. The first-order chi connectivity index (χ1) is 7.67. The van der Waals surface area contributed by atoms with Crippen molar-refractivity contribution in [3.05, 3.63) is 6.20 Å². The maximum absolute atomic E-state index is 9.27. The highest BCUT2D eigenvalue weighted by molar-refractivity contribution is 5.47. The lowest BCUT2D eigenvalue weighted by atomic mass is 10.4. The van der Waals surface area contributed by atoms with Gasteiger partial charge in [0, 0.05) is 13.1 Å². The molecule has 90 valence electrons. The summed E-state index contributed by atoms with van der Waals surface area (Å²) in [6, 6.07) is 0. The molecular weight excluding hydrogens is 206 g/mol. The van der Waals surface area contributed by atoms with Crippen molar-refractivity contribution in [2.45, 2.75) is 13.8 Å². The Morgan fingerprint density at radius 3 is 2.69 bits per heavy atom. The third-order valence-corrected chi connectivity index (χ3v) is 2.40. The first-order valence-corrected chi connectivity index (χ1v) is 5.45. The molecule has 6 heteroatoms. The minimum absolute atomic E-state index is 0.180. The summed E-state index contributed by atoms with van der Waals surface area (Å²) in [5.41, 5.74) is 5.59. The van der Waals surface area contributed by atoms with Gasteiger partial charge >= 0.3 is 0 Å². The minimum Gasteiger partial charge on any atom is -0.492 e. The normalized spacial score (nSPS) is 10.7. The number of rotatable bonds is 6. The van der Waals surface area contributed by atoms with Crippen molar-refractivity contribution >= 4 is 11.6 Å². The van der Waals surface area contributed by atoms with Crippen molar-refractivity contribution < 1.29 is 5.11 Å². The molecule has 0 saturated heterocycles. The van der Waals surface area contributed by atoms with Crippen molar-refractivity contribution in [3.63, 3.8) is 0 Å². The SMILES string of the molecule is CCN(CC)CCNc1ncc(N)c(O)n1. The van der Waals surface area contributed by atoms with Crippen molar-refractivity contribution in [1.82, 2.24) is 14.9 Å². The maximum atomic E-state index is 9.27. The number of hydrogen-bond donors (Lipinski definition) is 3. The van der Waals surface area contributed by atoms with E-state index < -0.39 is 0 Å². The Balaban J connectivity index is 2.40. The van der Waals surface area contributed by atoms with E-state index in [9.17, 15) is 5.11 Å². The van der Waals surface area contributed by atoms with Crippen molar-refractivity contribution in [2.75, 3.05) is 37.2 Å². The fraction of sp³-hybridized carbons (Fsp3) is 0.600. The van der Waals surface area contributed by atoms with Crippen molar-refractivity contribution in [3.8, 4) is 5.88 Å². The molecule has 0 aliphatic rings. The lowest BCUT2D eigenvalue weighted by molar-refractivity contribution is 0.315. The average molecular weight is 225 g/mol. The summed E-state index contributed by atoms with van der Waals surface area (Å²) in [7, 11) is 0. The van der Waals surface area contributed by atoms with E-state index >= 15 is 0 Å². The van der Waals surface area contributed by atoms with Crippen LogP contribution in [0.5, 0.6) is 5.88 Å². The molecule has 0 fully saturated rings. The second kappa shape index (κ2) is 6.12. The Labute approximate surface area is 95.5 Å². The zero-order valence-electron chi connectivity index (χ0n) is 9.77. The van der Waals surface area contributed by atoms with Crippen LogP contribution in [0, 0.1) is 0 Å². The molecule has 0 unspecified atom stereocenters. The van der Waals surface area contributed by atoms with Crippen LogP contribution in [0.15, 0.2) is 6.20 Å². The Bertz CT molecular complexity index is 327. The molecule has 4 N–H and O–H groups in total. The van der Waals surface area contributed by atoms with Gasteiger partial charge in [0.1, 0.15) is 5.69 Å². The first kappa shape index (κ1) is 12.5. The van der Waals surface area contributed by atoms with Crippen LogP contribution in [-0.2, 0) is 0 Å².